The molecule has 2 aromatic carbocycles. The molecule has 3 aromatic heterocycles. The van der Waals surface area contributed by atoms with E-state index in [1.165, 1.54) is 0 Å². The van der Waals surface area contributed by atoms with Crippen LogP contribution in [0.3, 0.4) is 0 Å². The number of anilines is 1. The standard InChI is InChI=1S/C36H40N6O2/c1-44-31-21-29(23-11-7-5-8-12-23)40-30-19-24(17-18-28(30)31)34-33-35-25(22-38-36(33)37)13-6-3-2-4-9-16-32(43)39-26-14-10-15-27(20-26)42(35)41-34/h5-8,11-13,17-19,21-22,26-27,32,39,43H,2-4,9-10,14-16,20H2,1H3,(H2,37,38)/b13-6+/t26-,27-,32?/m1/s1. The van der Waals surface area contributed by atoms with Gasteiger partial charge in [-0.15, -0.1) is 0 Å². The third-order valence-electron chi connectivity index (χ3n) is 9.18. The summed E-state index contributed by atoms with van der Waals surface area (Å²) >= 11 is 0. The first kappa shape index (κ1) is 28.5. The molecule has 0 radical (unpaired) electrons. The Morgan fingerprint density at radius 1 is 0.977 bits per heavy atom. The summed E-state index contributed by atoms with van der Waals surface area (Å²) in [6.07, 6.45) is 14.8. The van der Waals surface area contributed by atoms with E-state index < -0.39 is 6.23 Å². The van der Waals surface area contributed by atoms with Crippen molar-refractivity contribution in [3.8, 4) is 28.3 Å². The Morgan fingerprint density at radius 2 is 1.86 bits per heavy atom. The second kappa shape index (κ2) is 12.4. The zero-order valence-corrected chi connectivity index (χ0v) is 25.2. The van der Waals surface area contributed by atoms with Gasteiger partial charge in [-0.3, -0.25) is 10.00 Å². The molecule has 0 amide bonds. The molecule has 4 N–H and O–H groups in total. The number of rotatable bonds is 3. The number of benzene rings is 2. The number of aromatic nitrogens is 4. The molecular weight excluding hydrogens is 548 g/mol. The Hall–Kier alpha value is -4.27. The number of aliphatic hydroxyl groups is 1. The normalized spacial score (nSPS) is 21.9. The average Bonchev–Trinajstić information content (AvgIpc) is 3.46. The number of methoxy groups -OCH3 is 1. The zero-order valence-electron chi connectivity index (χ0n) is 25.2. The minimum Gasteiger partial charge on any atom is -0.496 e. The van der Waals surface area contributed by atoms with Crippen molar-refractivity contribution in [3.63, 3.8) is 0 Å². The Kier molecular flexibility index (Phi) is 8.02. The quantitative estimate of drug-likeness (QED) is 0.203. The first-order chi connectivity index (χ1) is 21.6. The minimum absolute atomic E-state index is 0.173. The predicted molar refractivity (Wildman–Crippen MR) is 177 cm³/mol. The fourth-order valence-corrected chi connectivity index (χ4v) is 6.96. The monoisotopic (exact) mass is 588 g/mol. The number of nitrogens with two attached hydrogens (primary N) is 1. The second-order valence-electron chi connectivity index (χ2n) is 12.2. The summed E-state index contributed by atoms with van der Waals surface area (Å²) in [6.45, 7) is 0. The molecule has 0 saturated heterocycles. The molecule has 226 valence electrons. The Labute approximate surface area is 258 Å². The van der Waals surface area contributed by atoms with Crippen molar-refractivity contribution in [1.29, 1.82) is 0 Å². The van der Waals surface area contributed by atoms with E-state index in [9.17, 15) is 5.11 Å². The molecule has 1 aliphatic heterocycles. The molecule has 8 nitrogen and oxygen atoms in total. The molecule has 3 atom stereocenters. The maximum Gasteiger partial charge on any atom is 0.135 e. The SMILES string of the molecule is COc1cc(-c2ccccc2)nc2cc(-c3nn4c5c(cnc(N)c35)/C=C/CCCCCC(O)N[C@@H]3CCC[C@@H]4C3)ccc12. The van der Waals surface area contributed by atoms with Crippen molar-refractivity contribution in [1.82, 2.24) is 25.1 Å². The van der Waals surface area contributed by atoms with Gasteiger partial charge in [-0.1, -0.05) is 55.0 Å². The van der Waals surface area contributed by atoms with Crippen LogP contribution in [0, 0.1) is 0 Å². The van der Waals surface area contributed by atoms with Gasteiger partial charge in [-0.05, 0) is 63.5 Å². The van der Waals surface area contributed by atoms with E-state index in [0.29, 0.717) is 5.82 Å². The minimum atomic E-state index is -0.470. The number of hydrogen-bond acceptors (Lipinski definition) is 7. The fraction of sp³-hybridized carbons (Fsp3) is 0.361. The molecule has 1 fully saturated rings. The number of nitrogens with zero attached hydrogens (tertiary/aromatic N) is 4. The van der Waals surface area contributed by atoms with Gasteiger partial charge in [0.1, 0.15) is 23.5 Å². The lowest BCUT2D eigenvalue weighted by molar-refractivity contribution is 0.0954. The molecule has 44 heavy (non-hydrogen) atoms. The topological polar surface area (TPSA) is 111 Å². The van der Waals surface area contributed by atoms with Crippen LogP contribution in [0.2, 0.25) is 0 Å². The number of nitrogens with one attached hydrogen (secondary N) is 1. The lowest BCUT2D eigenvalue weighted by Crippen LogP contribution is -2.41. The maximum atomic E-state index is 10.7. The van der Waals surface area contributed by atoms with Crippen molar-refractivity contribution in [3.05, 3.63) is 72.4 Å². The van der Waals surface area contributed by atoms with E-state index in [1.807, 2.05) is 30.5 Å². The van der Waals surface area contributed by atoms with E-state index in [0.717, 1.165) is 113 Å². The van der Waals surface area contributed by atoms with Crippen molar-refractivity contribution >= 4 is 33.7 Å². The van der Waals surface area contributed by atoms with Crippen LogP contribution < -0.4 is 15.8 Å². The number of pyridine rings is 2. The van der Waals surface area contributed by atoms with Gasteiger partial charge >= 0.3 is 0 Å². The average molecular weight is 589 g/mol. The first-order valence-corrected chi connectivity index (χ1v) is 15.9. The Morgan fingerprint density at radius 3 is 2.73 bits per heavy atom. The van der Waals surface area contributed by atoms with Crippen molar-refractivity contribution in [2.24, 2.45) is 0 Å². The smallest absolute Gasteiger partial charge is 0.135 e. The molecule has 1 unspecified atom stereocenters. The summed E-state index contributed by atoms with van der Waals surface area (Å²) in [6, 6.07) is 18.8. The van der Waals surface area contributed by atoms with Crippen LogP contribution in [0.5, 0.6) is 5.75 Å². The van der Waals surface area contributed by atoms with Crippen molar-refractivity contribution in [2.75, 3.05) is 12.8 Å². The van der Waals surface area contributed by atoms with Crippen LogP contribution in [0.25, 0.3) is 50.4 Å². The van der Waals surface area contributed by atoms with Gasteiger partial charge in [0.15, 0.2) is 0 Å². The summed E-state index contributed by atoms with van der Waals surface area (Å²) < 4.78 is 7.99. The highest BCUT2D eigenvalue weighted by molar-refractivity contribution is 6.05. The zero-order chi connectivity index (χ0) is 30.0. The van der Waals surface area contributed by atoms with Gasteiger partial charge in [-0.2, -0.15) is 5.10 Å². The van der Waals surface area contributed by atoms with E-state index in [-0.39, 0.29) is 12.1 Å². The largest absolute Gasteiger partial charge is 0.496 e. The molecule has 2 bridgehead atoms. The van der Waals surface area contributed by atoms with Gasteiger partial charge in [-0.25, -0.2) is 9.97 Å². The van der Waals surface area contributed by atoms with Gasteiger partial charge < -0.3 is 15.6 Å². The van der Waals surface area contributed by atoms with Gasteiger partial charge in [0.25, 0.3) is 0 Å². The van der Waals surface area contributed by atoms with Crippen LogP contribution in [0.15, 0.2) is 66.9 Å². The predicted octanol–water partition coefficient (Wildman–Crippen LogP) is 7.27. The highest BCUT2D eigenvalue weighted by Crippen LogP contribution is 2.40. The Balaban J connectivity index is 1.39. The Bertz CT molecular complexity index is 1810. The number of ether oxygens (including phenoxy) is 1. The van der Waals surface area contributed by atoms with E-state index in [1.54, 1.807) is 7.11 Å². The van der Waals surface area contributed by atoms with Crippen molar-refractivity contribution < 1.29 is 9.84 Å². The summed E-state index contributed by atoms with van der Waals surface area (Å²) in [4.78, 5) is 9.71. The molecular formula is C36H40N6O2. The molecule has 8 heteroatoms. The summed E-state index contributed by atoms with van der Waals surface area (Å²) in [7, 11) is 1.70. The van der Waals surface area contributed by atoms with Crippen LogP contribution >= 0.6 is 0 Å². The highest BCUT2D eigenvalue weighted by Gasteiger charge is 2.29. The third kappa shape index (κ3) is 5.55. The summed E-state index contributed by atoms with van der Waals surface area (Å²) in [5.41, 5.74) is 13.2. The molecule has 1 aliphatic carbocycles. The van der Waals surface area contributed by atoms with Crippen LogP contribution in [-0.2, 0) is 0 Å². The molecule has 0 spiro atoms. The fourth-order valence-electron chi connectivity index (χ4n) is 6.96. The maximum absolute atomic E-state index is 10.7. The van der Waals surface area contributed by atoms with Gasteiger partial charge in [0.2, 0.25) is 0 Å². The molecule has 5 aromatic rings. The lowest BCUT2D eigenvalue weighted by atomic mass is 9.90. The number of fused-ring (bicyclic) bond motifs is 4. The van der Waals surface area contributed by atoms with Crippen LogP contribution in [0.1, 0.15) is 69.4 Å². The lowest BCUT2D eigenvalue weighted by Gasteiger charge is -2.32. The molecule has 4 heterocycles. The van der Waals surface area contributed by atoms with Crippen LogP contribution in [0.4, 0.5) is 5.82 Å². The number of allylic oxidation sites excluding steroid dienone is 1. The molecule has 2 aliphatic rings. The highest BCUT2D eigenvalue weighted by atomic mass is 16.5. The second-order valence-corrected chi connectivity index (χ2v) is 12.2. The molecule has 7 rings (SSSR count). The van der Waals surface area contributed by atoms with E-state index in [4.69, 9.17) is 20.6 Å². The van der Waals surface area contributed by atoms with E-state index in [2.05, 4.69) is 57.5 Å². The molecule has 1 saturated carbocycles. The van der Waals surface area contributed by atoms with Crippen molar-refractivity contribution in [2.45, 2.75) is 76.1 Å². The first-order valence-electron chi connectivity index (χ1n) is 15.9. The summed E-state index contributed by atoms with van der Waals surface area (Å²) in [5, 5.41) is 21.4. The van der Waals surface area contributed by atoms with E-state index >= 15 is 0 Å². The van der Waals surface area contributed by atoms with Gasteiger partial charge in [0.05, 0.1) is 35.3 Å². The van der Waals surface area contributed by atoms with Crippen LogP contribution in [-0.4, -0.2) is 44.2 Å². The number of aliphatic hydroxyl groups excluding tert-OH is 1. The summed E-state index contributed by atoms with van der Waals surface area (Å²) in [5.74, 6) is 1.25. The number of hydrogen-bond donors (Lipinski definition) is 3. The number of nitrogen functional groups attached to an aromatic ring is 1. The third-order valence-corrected chi connectivity index (χ3v) is 9.18. The van der Waals surface area contributed by atoms with Gasteiger partial charge in [0, 0.05) is 40.4 Å².